The standard InChI is InChI=1S/C15H12F3N3O2S/c1-21-6-8(5-9(7-21)14(22)23)13-19-10-3-2-4-11(12(10)20-13)24-15(16,17)18/h2-6H,7H2,1H3,(H,19,20)(H,22,23). The Morgan fingerprint density at radius 3 is 2.83 bits per heavy atom. The van der Waals surface area contributed by atoms with Crippen LogP contribution in [0.3, 0.4) is 0 Å². The van der Waals surface area contributed by atoms with E-state index in [0.29, 0.717) is 16.9 Å². The van der Waals surface area contributed by atoms with Gasteiger partial charge in [0.15, 0.2) is 0 Å². The predicted molar refractivity (Wildman–Crippen MR) is 84.3 cm³/mol. The summed E-state index contributed by atoms with van der Waals surface area (Å²) >= 11 is -0.226. The van der Waals surface area contributed by atoms with Crippen molar-refractivity contribution in [3.8, 4) is 0 Å². The van der Waals surface area contributed by atoms with Crippen molar-refractivity contribution in [3.05, 3.63) is 41.9 Å². The summed E-state index contributed by atoms with van der Waals surface area (Å²) in [6, 6.07) is 4.49. The third-order valence-electron chi connectivity index (χ3n) is 3.36. The van der Waals surface area contributed by atoms with Crippen LogP contribution in [-0.4, -0.2) is 45.0 Å². The molecule has 2 aromatic rings. The molecule has 0 atom stereocenters. The highest BCUT2D eigenvalue weighted by Crippen LogP contribution is 2.40. The van der Waals surface area contributed by atoms with Crippen LogP contribution < -0.4 is 0 Å². The number of para-hydroxylation sites is 1. The van der Waals surface area contributed by atoms with E-state index < -0.39 is 11.5 Å². The zero-order valence-corrected chi connectivity index (χ0v) is 13.2. The van der Waals surface area contributed by atoms with Crippen molar-refractivity contribution in [1.82, 2.24) is 14.9 Å². The summed E-state index contributed by atoms with van der Waals surface area (Å²) < 4.78 is 38.0. The summed E-state index contributed by atoms with van der Waals surface area (Å²) in [7, 11) is 1.71. The van der Waals surface area contributed by atoms with Gasteiger partial charge < -0.3 is 15.0 Å². The Balaban J connectivity index is 2.05. The van der Waals surface area contributed by atoms with Crippen LogP contribution in [0.4, 0.5) is 13.2 Å². The Hall–Kier alpha value is -2.42. The van der Waals surface area contributed by atoms with Gasteiger partial charge in [0, 0.05) is 30.3 Å². The molecule has 5 nitrogen and oxygen atoms in total. The number of allylic oxidation sites excluding steroid dienone is 2. The molecule has 126 valence electrons. The van der Waals surface area contributed by atoms with E-state index in [2.05, 4.69) is 9.97 Å². The molecule has 0 fully saturated rings. The molecular weight excluding hydrogens is 343 g/mol. The fourth-order valence-electron chi connectivity index (χ4n) is 2.43. The van der Waals surface area contributed by atoms with Crippen molar-refractivity contribution in [3.63, 3.8) is 0 Å². The Morgan fingerprint density at radius 1 is 1.42 bits per heavy atom. The Morgan fingerprint density at radius 2 is 2.17 bits per heavy atom. The molecule has 2 heterocycles. The second-order valence-corrected chi connectivity index (χ2v) is 6.37. The number of hydrogen-bond donors (Lipinski definition) is 2. The number of fused-ring (bicyclic) bond motifs is 1. The minimum Gasteiger partial charge on any atom is -0.478 e. The normalized spacial score (nSPS) is 15.4. The number of halogens is 3. The molecule has 1 aliphatic rings. The highest BCUT2D eigenvalue weighted by molar-refractivity contribution is 8.00. The molecule has 2 N–H and O–H groups in total. The third kappa shape index (κ3) is 3.40. The van der Waals surface area contributed by atoms with E-state index in [-0.39, 0.29) is 34.3 Å². The summed E-state index contributed by atoms with van der Waals surface area (Å²) in [5.74, 6) is -0.720. The number of aromatic amines is 1. The van der Waals surface area contributed by atoms with Crippen molar-refractivity contribution in [2.24, 2.45) is 0 Å². The van der Waals surface area contributed by atoms with E-state index in [0.717, 1.165) is 0 Å². The van der Waals surface area contributed by atoms with Crippen LogP contribution in [0.25, 0.3) is 16.6 Å². The molecule has 1 aromatic heterocycles. The highest BCUT2D eigenvalue weighted by atomic mass is 32.2. The van der Waals surface area contributed by atoms with Crippen LogP contribution in [0.5, 0.6) is 0 Å². The number of nitrogens with zero attached hydrogens (tertiary/aromatic N) is 2. The first-order valence-corrected chi connectivity index (χ1v) is 7.65. The number of rotatable bonds is 3. The van der Waals surface area contributed by atoms with E-state index in [1.54, 1.807) is 24.2 Å². The van der Waals surface area contributed by atoms with E-state index in [1.165, 1.54) is 18.2 Å². The lowest BCUT2D eigenvalue weighted by Gasteiger charge is -2.20. The summed E-state index contributed by atoms with van der Waals surface area (Å²) in [4.78, 5) is 20.0. The molecule has 0 spiro atoms. The average molecular weight is 355 g/mol. The topological polar surface area (TPSA) is 69.2 Å². The van der Waals surface area contributed by atoms with Gasteiger partial charge in [0.1, 0.15) is 11.3 Å². The van der Waals surface area contributed by atoms with E-state index in [1.807, 2.05) is 0 Å². The maximum absolute atomic E-state index is 12.7. The van der Waals surface area contributed by atoms with Crippen molar-refractivity contribution < 1.29 is 23.1 Å². The van der Waals surface area contributed by atoms with Crippen LogP contribution in [0.1, 0.15) is 5.82 Å². The van der Waals surface area contributed by atoms with Gasteiger partial charge in [-0.05, 0) is 30.0 Å². The lowest BCUT2D eigenvalue weighted by atomic mass is 10.1. The minimum atomic E-state index is -4.41. The lowest BCUT2D eigenvalue weighted by Crippen LogP contribution is -2.22. The molecule has 0 unspecified atom stereocenters. The minimum absolute atomic E-state index is 0.00491. The molecule has 0 saturated heterocycles. The number of aromatic nitrogens is 2. The summed E-state index contributed by atoms with van der Waals surface area (Å²) in [6.07, 6.45) is 3.16. The van der Waals surface area contributed by atoms with Gasteiger partial charge in [-0.3, -0.25) is 0 Å². The summed E-state index contributed by atoms with van der Waals surface area (Å²) in [5.41, 5.74) is -3.07. The maximum Gasteiger partial charge on any atom is 0.446 e. The van der Waals surface area contributed by atoms with Crippen LogP contribution in [0.15, 0.2) is 40.9 Å². The molecule has 0 amide bonds. The second kappa shape index (κ2) is 5.90. The third-order valence-corrected chi connectivity index (χ3v) is 4.14. The van der Waals surface area contributed by atoms with E-state index in [9.17, 15) is 18.0 Å². The smallest absolute Gasteiger partial charge is 0.446 e. The highest BCUT2D eigenvalue weighted by Gasteiger charge is 2.30. The van der Waals surface area contributed by atoms with Crippen LogP contribution >= 0.6 is 11.8 Å². The average Bonchev–Trinajstić information content (AvgIpc) is 2.90. The monoisotopic (exact) mass is 355 g/mol. The first kappa shape index (κ1) is 16.4. The van der Waals surface area contributed by atoms with Crippen molar-refractivity contribution >= 4 is 34.3 Å². The van der Waals surface area contributed by atoms with Gasteiger partial charge in [0.2, 0.25) is 0 Å². The van der Waals surface area contributed by atoms with Crippen LogP contribution in [0.2, 0.25) is 0 Å². The Kier molecular flexibility index (Phi) is 4.04. The first-order valence-electron chi connectivity index (χ1n) is 6.84. The molecule has 24 heavy (non-hydrogen) atoms. The Labute approximate surface area is 138 Å². The lowest BCUT2D eigenvalue weighted by molar-refractivity contribution is -0.132. The van der Waals surface area contributed by atoms with Gasteiger partial charge in [0.05, 0.1) is 11.1 Å². The molecule has 0 saturated carbocycles. The van der Waals surface area contributed by atoms with Gasteiger partial charge in [-0.2, -0.15) is 13.2 Å². The molecule has 3 rings (SSSR count). The SMILES string of the molecule is CN1C=C(c2nc3c(SC(F)(F)F)cccc3[nH]2)C=C(C(=O)O)C1. The number of imidazole rings is 1. The molecule has 0 radical (unpaired) electrons. The molecule has 0 aliphatic carbocycles. The van der Waals surface area contributed by atoms with E-state index in [4.69, 9.17) is 5.11 Å². The van der Waals surface area contributed by atoms with Gasteiger partial charge in [-0.15, -0.1) is 0 Å². The van der Waals surface area contributed by atoms with Gasteiger partial charge in [-0.1, -0.05) is 6.07 Å². The summed E-state index contributed by atoms with van der Waals surface area (Å²) in [5, 5.41) is 9.15. The second-order valence-electron chi connectivity index (χ2n) is 5.26. The number of benzene rings is 1. The number of hydrogen-bond acceptors (Lipinski definition) is 4. The number of likely N-dealkylation sites (N-methyl/N-ethyl adjacent to an activating group) is 1. The maximum atomic E-state index is 12.7. The van der Waals surface area contributed by atoms with Gasteiger partial charge >= 0.3 is 11.5 Å². The predicted octanol–water partition coefficient (Wildman–Crippen LogP) is 3.47. The molecule has 9 heteroatoms. The van der Waals surface area contributed by atoms with Gasteiger partial charge in [0.25, 0.3) is 0 Å². The van der Waals surface area contributed by atoms with Crippen molar-refractivity contribution in [1.29, 1.82) is 0 Å². The van der Waals surface area contributed by atoms with Crippen LogP contribution in [-0.2, 0) is 4.79 Å². The van der Waals surface area contributed by atoms with Crippen LogP contribution in [0, 0.1) is 0 Å². The summed E-state index contributed by atoms with van der Waals surface area (Å²) in [6.45, 7) is 0.244. The number of carboxylic acids is 1. The number of H-pyrrole nitrogens is 1. The number of aliphatic carboxylic acids is 1. The largest absolute Gasteiger partial charge is 0.478 e. The molecule has 1 aliphatic heterocycles. The zero-order chi connectivity index (χ0) is 17.5. The van der Waals surface area contributed by atoms with Crippen molar-refractivity contribution in [2.75, 3.05) is 13.6 Å². The number of alkyl halides is 3. The fraction of sp³-hybridized carbons (Fsp3) is 0.200. The van der Waals surface area contributed by atoms with Crippen molar-refractivity contribution in [2.45, 2.75) is 10.4 Å². The molecule has 0 bridgehead atoms. The van der Waals surface area contributed by atoms with Gasteiger partial charge in [-0.25, -0.2) is 9.78 Å². The molecule has 1 aromatic carbocycles. The number of nitrogens with one attached hydrogen (secondary N) is 1. The van der Waals surface area contributed by atoms with E-state index >= 15 is 0 Å². The zero-order valence-electron chi connectivity index (χ0n) is 12.4. The molecular formula is C15H12F3N3O2S. The first-order chi connectivity index (χ1) is 11.2. The number of carboxylic acid groups (broad SMARTS) is 1. The number of thioether (sulfide) groups is 1. The fourth-order valence-corrected chi connectivity index (χ4v) is 3.08. The quantitative estimate of drug-likeness (QED) is 0.825. The number of carbonyl (C=O) groups is 1. The Bertz CT molecular complexity index is 870.